The number of nitrogens with zero attached hydrogens (tertiary/aromatic N) is 3. The Bertz CT molecular complexity index is 4310. The molecular weight excluding hydrogens is 898 g/mol. The minimum Gasteiger partial charge on any atom is -0.354 e. The minimum absolute atomic E-state index is 0.615. The molecule has 5 nitrogen and oxygen atoms in total. The Morgan fingerprint density at radius 3 is 1.26 bits per heavy atom. The van der Waals surface area contributed by atoms with E-state index in [2.05, 4.69) is 186 Å². The van der Waals surface area contributed by atoms with Crippen LogP contribution >= 0.6 is 23.2 Å². The van der Waals surface area contributed by atoms with E-state index < -0.39 is 0 Å². The summed E-state index contributed by atoms with van der Waals surface area (Å²) in [6.45, 7) is 0. The molecule has 0 atom stereocenters. The Balaban J connectivity index is 1.23. The first-order valence-electron chi connectivity index (χ1n) is 23.4. The Morgan fingerprint density at radius 2 is 0.729 bits per heavy atom. The lowest BCUT2D eigenvalue weighted by Gasteiger charge is -2.09. The molecule has 2 N–H and O–H groups in total. The highest BCUT2D eigenvalue weighted by atomic mass is 35.5. The zero-order valence-electron chi connectivity index (χ0n) is 37.2. The van der Waals surface area contributed by atoms with E-state index in [1.54, 1.807) is 0 Å². The summed E-state index contributed by atoms with van der Waals surface area (Å²) in [5.74, 6) is 0.615. The third kappa shape index (κ3) is 6.02. The number of aromatic nitrogens is 5. The molecule has 10 aromatic carbocycles. The van der Waals surface area contributed by atoms with Crippen molar-refractivity contribution >= 4 is 110 Å². The zero-order chi connectivity index (χ0) is 46.2. The third-order valence-corrected chi connectivity index (χ3v) is 14.8. The quantitative estimate of drug-likeness (QED) is 0.181. The number of benzene rings is 10. The summed E-state index contributed by atoms with van der Waals surface area (Å²) in [5, 5.41) is 14.5. The normalized spacial score (nSPS) is 12.1. The van der Waals surface area contributed by atoms with Crippen molar-refractivity contribution in [3.63, 3.8) is 0 Å². The Morgan fingerprint density at radius 1 is 0.329 bits per heavy atom. The summed E-state index contributed by atoms with van der Waals surface area (Å²) in [7, 11) is 0. The number of hydrogen-bond acceptors (Lipinski definition) is 3. The van der Waals surface area contributed by atoms with Gasteiger partial charge in [0.1, 0.15) is 5.65 Å². The highest BCUT2D eigenvalue weighted by Crippen LogP contribution is 2.49. The van der Waals surface area contributed by atoms with Crippen molar-refractivity contribution in [1.29, 1.82) is 0 Å². The Hall–Kier alpha value is -8.61. The molecule has 0 saturated heterocycles. The smallest absolute Gasteiger partial charge is 0.162 e. The Labute approximate surface area is 410 Å². The van der Waals surface area contributed by atoms with Gasteiger partial charge in [-0.3, -0.25) is 0 Å². The van der Waals surface area contributed by atoms with Gasteiger partial charge in [-0.2, -0.15) is 0 Å². The first-order chi connectivity index (χ1) is 34.5. The first-order valence-corrected chi connectivity index (χ1v) is 24.1. The van der Waals surface area contributed by atoms with Crippen LogP contribution in [0.5, 0.6) is 0 Å². The first kappa shape index (κ1) is 39.4. The predicted octanol–water partition coefficient (Wildman–Crippen LogP) is 17.9. The van der Waals surface area contributed by atoms with Gasteiger partial charge < -0.3 is 9.97 Å². The van der Waals surface area contributed by atoms with Gasteiger partial charge in [0, 0.05) is 70.5 Å². The van der Waals surface area contributed by atoms with E-state index in [1.807, 2.05) is 24.3 Å². The summed E-state index contributed by atoms with van der Waals surface area (Å²) in [6.07, 6.45) is 0. The average molecular weight is 933 g/mol. The largest absolute Gasteiger partial charge is 0.354 e. The monoisotopic (exact) mass is 931 g/mol. The van der Waals surface area contributed by atoms with E-state index in [-0.39, 0.29) is 0 Å². The number of H-pyrrole nitrogens is 2. The second-order valence-electron chi connectivity index (χ2n) is 18.4. The van der Waals surface area contributed by atoms with Crippen molar-refractivity contribution in [3.05, 3.63) is 210 Å². The van der Waals surface area contributed by atoms with Gasteiger partial charge in [0.25, 0.3) is 0 Å². The number of aromatic amines is 2. The van der Waals surface area contributed by atoms with Crippen LogP contribution in [0.25, 0.3) is 154 Å². The van der Waals surface area contributed by atoms with Gasteiger partial charge in [0.2, 0.25) is 0 Å². The molecule has 2 aliphatic rings. The van der Waals surface area contributed by atoms with Gasteiger partial charge >= 0.3 is 0 Å². The number of fused-ring (bicyclic) bond motifs is 24. The molecule has 0 radical (unpaired) electrons. The molecule has 2 aliphatic heterocycles. The van der Waals surface area contributed by atoms with Crippen molar-refractivity contribution in [1.82, 2.24) is 24.9 Å². The molecule has 0 unspecified atom stereocenters. The molecule has 8 bridgehead atoms. The standard InChI is InChI=1S/C63H35Cl2N5/c64-44-21-17-34(18-22-44)56-58-48-27-38-11-3-1-9-36(38)25-46(48)54(66-58)33-55-47-26-37-10-2-4-12-39(37)28-49(47)59(67-55)57(35-19-23-45(65)24-20-35)61-51-30-41-14-6-8-16-43(41)32-53(51)63(69-61)70-62-52-31-42-15-7-5-13-40(42)29-50(52)60(56)68-62/h1-33,66H,(H,68,69,70). The number of rotatable bonds is 2. The molecule has 70 heavy (non-hydrogen) atoms. The third-order valence-electron chi connectivity index (χ3n) is 14.3. The maximum atomic E-state index is 6.67. The van der Waals surface area contributed by atoms with Gasteiger partial charge in [0.05, 0.1) is 28.1 Å². The molecule has 5 heterocycles. The van der Waals surface area contributed by atoms with Crippen molar-refractivity contribution in [2.45, 2.75) is 0 Å². The van der Waals surface area contributed by atoms with Gasteiger partial charge in [0.15, 0.2) is 5.82 Å². The molecule has 15 rings (SSSR count). The lowest BCUT2D eigenvalue weighted by Crippen LogP contribution is -1.87. The molecule has 0 amide bonds. The fourth-order valence-electron chi connectivity index (χ4n) is 11.0. The summed E-state index contributed by atoms with van der Waals surface area (Å²) in [5.41, 5.74) is 13.9. The highest BCUT2D eigenvalue weighted by molar-refractivity contribution is 6.31. The molecule has 0 fully saturated rings. The maximum absolute atomic E-state index is 6.67. The predicted molar refractivity (Wildman–Crippen MR) is 294 cm³/mol. The lowest BCUT2D eigenvalue weighted by atomic mass is 9.93. The Kier molecular flexibility index (Phi) is 8.41. The fraction of sp³-hybridized carbons (Fsp3) is 0. The van der Waals surface area contributed by atoms with E-state index in [0.29, 0.717) is 21.5 Å². The van der Waals surface area contributed by atoms with Crippen LogP contribution in [0.15, 0.2) is 200 Å². The molecule has 13 aromatic rings. The van der Waals surface area contributed by atoms with Gasteiger partial charge in [-0.05, 0) is 133 Å². The van der Waals surface area contributed by atoms with E-state index >= 15 is 0 Å². The van der Waals surface area contributed by atoms with Crippen LogP contribution in [-0.2, 0) is 0 Å². The lowest BCUT2D eigenvalue weighted by molar-refractivity contribution is 1.27. The molecule has 7 heteroatoms. The highest BCUT2D eigenvalue weighted by Gasteiger charge is 2.27. The van der Waals surface area contributed by atoms with Crippen molar-refractivity contribution < 1.29 is 0 Å². The second kappa shape index (κ2) is 14.9. The van der Waals surface area contributed by atoms with Crippen LogP contribution < -0.4 is 0 Å². The van der Waals surface area contributed by atoms with Crippen molar-refractivity contribution in [2.75, 3.05) is 0 Å². The summed E-state index contributed by atoms with van der Waals surface area (Å²) >= 11 is 13.3. The van der Waals surface area contributed by atoms with Crippen LogP contribution in [0, 0.1) is 0 Å². The number of halogens is 2. The number of hydrogen-bond donors (Lipinski definition) is 2. The summed E-state index contributed by atoms with van der Waals surface area (Å²) in [6, 6.07) is 70.8. The number of nitrogens with one attached hydrogen (secondary N) is 2. The van der Waals surface area contributed by atoms with Gasteiger partial charge in [-0.15, -0.1) is 0 Å². The zero-order valence-corrected chi connectivity index (χ0v) is 38.7. The molecule has 0 spiro atoms. The van der Waals surface area contributed by atoms with Crippen molar-refractivity contribution in [3.8, 4) is 67.4 Å². The maximum Gasteiger partial charge on any atom is 0.162 e. The van der Waals surface area contributed by atoms with E-state index in [0.717, 1.165) is 143 Å². The van der Waals surface area contributed by atoms with Crippen LogP contribution in [0.2, 0.25) is 10.0 Å². The second-order valence-corrected chi connectivity index (χ2v) is 19.3. The molecule has 326 valence electrons. The van der Waals surface area contributed by atoms with Gasteiger partial charge in [-0.25, -0.2) is 15.0 Å². The minimum atomic E-state index is 0.615. The van der Waals surface area contributed by atoms with E-state index in [4.69, 9.17) is 38.2 Å². The van der Waals surface area contributed by atoms with Crippen LogP contribution in [0.1, 0.15) is 0 Å². The molecule has 0 aliphatic carbocycles. The summed E-state index contributed by atoms with van der Waals surface area (Å²) < 4.78 is 0. The van der Waals surface area contributed by atoms with Crippen molar-refractivity contribution in [2.24, 2.45) is 0 Å². The van der Waals surface area contributed by atoms with E-state index in [1.165, 1.54) is 0 Å². The molecule has 0 saturated carbocycles. The average Bonchev–Trinajstić information content (AvgIpc) is 4.13. The van der Waals surface area contributed by atoms with E-state index in [9.17, 15) is 0 Å². The topological polar surface area (TPSA) is 70.2 Å². The SMILES string of the molecule is Clc1ccc(-c2c3nc(nc4[nH]c(c(-c5ccc(Cl)cc5)c5nc(cc6[nH]c2c2cc7ccccc7cc62)-c2cc6ccccc6cc2-5)c2cc5ccccc5cc42)-c2cc4ccccc4cc2-3)cc1. The molecule has 3 aromatic heterocycles. The van der Waals surface area contributed by atoms with Crippen LogP contribution in [0.3, 0.4) is 0 Å². The van der Waals surface area contributed by atoms with Gasteiger partial charge in [-0.1, -0.05) is 145 Å². The summed E-state index contributed by atoms with van der Waals surface area (Å²) in [4.78, 5) is 25.1. The van der Waals surface area contributed by atoms with Crippen LogP contribution in [0.4, 0.5) is 0 Å². The van der Waals surface area contributed by atoms with Crippen LogP contribution in [-0.4, -0.2) is 24.9 Å². The fourth-order valence-corrected chi connectivity index (χ4v) is 11.3. The molecular formula is C63H35Cl2N5.